The van der Waals surface area contributed by atoms with Gasteiger partial charge in [-0.25, -0.2) is 4.79 Å². The van der Waals surface area contributed by atoms with Crippen LogP contribution in [0.15, 0.2) is 24.3 Å². The Kier molecular flexibility index (Phi) is 3.82. The van der Waals surface area contributed by atoms with Crippen molar-refractivity contribution in [2.75, 3.05) is 19.6 Å². The summed E-state index contributed by atoms with van der Waals surface area (Å²) < 4.78 is 0. The number of aliphatic carboxylic acids is 1. The fourth-order valence-corrected chi connectivity index (χ4v) is 2.13. The minimum Gasteiger partial charge on any atom is -0.480 e. The Bertz CT molecular complexity index is 432. The fourth-order valence-electron chi connectivity index (χ4n) is 2.13. The second kappa shape index (κ2) is 5.53. The number of urea groups is 1. The summed E-state index contributed by atoms with van der Waals surface area (Å²) in [5.74, 6) is -1.03. The molecule has 1 aliphatic heterocycles. The molecule has 2 rings (SSSR count). The van der Waals surface area contributed by atoms with E-state index in [2.05, 4.69) is 17.4 Å². The van der Waals surface area contributed by atoms with Crippen LogP contribution in [0.2, 0.25) is 0 Å². The smallest absolute Gasteiger partial charge is 0.323 e. The monoisotopic (exact) mass is 248 g/mol. The minimum absolute atomic E-state index is 0.301. The van der Waals surface area contributed by atoms with Crippen molar-refractivity contribution in [1.29, 1.82) is 0 Å². The minimum atomic E-state index is -1.03. The number of carbonyl (C=O) groups excluding carboxylic acids is 1. The molecule has 2 amide bonds. The van der Waals surface area contributed by atoms with Gasteiger partial charge in [0, 0.05) is 13.1 Å². The van der Waals surface area contributed by atoms with Crippen molar-refractivity contribution in [2.45, 2.75) is 12.8 Å². The summed E-state index contributed by atoms with van der Waals surface area (Å²) in [4.78, 5) is 23.8. The van der Waals surface area contributed by atoms with Crippen LogP contribution in [0.3, 0.4) is 0 Å². The van der Waals surface area contributed by atoms with Gasteiger partial charge in [0.15, 0.2) is 0 Å². The molecule has 0 atom stereocenters. The molecule has 18 heavy (non-hydrogen) atoms. The predicted molar refractivity (Wildman–Crippen MR) is 66.5 cm³/mol. The number of nitrogens with one attached hydrogen (secondary N) is 1. The molecular formula is C13H16N2O3. The average Bonchev–Trinajstić information content (AvgIpc) is 2.58. The first-order valence-corrected chi connectivity index (χ1v) is 5.98. The van der Waals surface area contributed by atoms with Crippen molar-refractivity contribution in [1.82, 2.24) is 10.2 Å². The van der Waals surface area contributed by atoms with E-state index in [4.69, 9.17) is 5.11 Å². The number of hydrogen-bond acceptors (Lipinski definition) is 2. The Morgan fingerprint density at radius 2 is 1.72 bits per heavy atom. The molecule has 2 N–H and O–H groups in total. The first-order valence-electron chi connectivity index (χ1n) is 5.98. The van der Waals surface area contributed by atoms with Crippen molar-refractivity contribution in [3.8, 4) is 0 Å². The summed E-state index contributed by atoms with van der Waals surface area (Å²) in [5, 5.41) is 10.9. The van der Waals surface area contributed by atoms with E-state index in [0.29, 0.717) is 13.1 Å². The highest BCUT2D eigenvalue weighted by atomic mass is 16.4. The second-order valence-electron chi connectivity index (χ2n) is 4.31. The van der Waals surface area contributed by atoms with E-state index in [9.17, 15) is 9.59 Å². The molecule has 0 saturated heterocycles. The van der Waals surface area contributed by atoms with E-state index < -0.39 is 5.97 Å². The molecule has 0 aliphatic carbocycles. The second-order valence-corrected chi connectivity index (χ2v) is 4.31. The number of hydrogen-bond donors (Lipinski definition) is 2. The van der Waals surface area contributed by atoms with Crippen LogP contribution in [-0.4, -0.2) is 41.6 Å². The predicted octanol–water partition coefficient (Wildman–Crippen LogP) is 0.881. The molecule has 1 aromatic rings. The van der Waals surface area contributed by atoms with Crippen LogP contribution >= 0.6 is 0 Å². The summed E-state index contributed by atoms with van der Waals surface area (Å²) in [6, 6.07) is 7.85. The number of amides is 2. The Balaban J connectivity index is 1.95. The highest BCUT2D eigenvalue weighted by molar-refractivity contribution is 5.80. The van der Waals surface area contributed by atoms with Crippen molar-refractivity contribution < 1.29 is 14.7 Å². The molecule has 0 bridgehead atoms. The lowest BCUT2D eigenvalue weighted by molar-refractivity contribution is -0.135. The third-order valence-electron chi connectivity index (χ3n) is 3.10. The van der Waals surface area contributed by atoms with Gasteiger partial charge in [-0.2, -0.15) is 0 Å². The summed E-state index contributed by atoms with van der Waals surface area (Å²) in [7, 11) is 0. The van der Waals surface area contributed by atoms with Crippen LogP contribution in [0, 0.1) is 0 Å². The lowest BCUT2D eigenvalue weighted by Crippen LogP contribution is -2.43. The highest BCUT2D eigenvalue weighted by Gasteiger charge is 2.18. The molecule has 0 radical (unpaired) electrons. The standard InChI is InChI=1S/C13H16N2O3/c16-12(17)9-14-13(18)15-7-5-10-3-1-2-4-11(10)6-8-15/h1-4H,5-9H2,(H,14,18)(H,16,17). The third kappa shape index (κ3) is 3.00. The molecule has 5 heteroatoms. The Morgan fingerprint density at radius 1 is 1.17 bits per heavy atom. The Hall–Kier alpha value is -2.04. The molecule has 0 spiro atoms. The molecule has 0 saturated carbocycles. The van der Waals surface area contributed by atoms with Gasteiger partial charge in [0.05, 0.1) is 0 Å². The molecule has 1 aromatic carbocycles. The number of benzene rings is 1. The number of rotatable bonds is 2. The van der Waals surface area contributed by atoms with Gasteiger partial charge in [0.25, 0.3) is 0 Å². The molecule has 0 unspecified atom stereocenters. The maximum absolute atomic E-state index is 11.8. The van der Waals surface area contributed by atoms with Gasteiger partial charge >= 0.3 is 12.0 Å². The maximum Gasteiger partial charge on any atom is 0.323 e. The zero-order chi connectivity index (χ0) is 13.0. The van der Waals surface area contributed by atoms with Crippen molar-refractivity contribution in [2.24, 2.45) is 0 Å². The van der Waals surface area contributed by atoms with Gasteiger partial charge in [-0.15, -0.1) is 0 Å². The normalized spacial score (nSPS) is 14.6. The van der Waals surface area contributed by atoms with E-state index in [1.165, 1.54) is 11.1 Å². The van der Waals surface area contributed by atoms with Crippen LogP contribution in [0.5, 0.6) is 0 Å². The quantitative estimate of drug-likeness (QED) is 0.816. The third-order valence-corrected chi connectivity index (χ3v) is 3.10. The molecule has 1 heterocycles. The van der Waals surface area contributed by atoms with Gasteiger partial charge in [-0.1, -0.05) is 24.3 Å². The van der Waals surface area contributed by atoms with Gasteiger partial charge in [-0.3, -0.25) is 4.79 Å². The molecule has 5 nitrogen and oxygen atoms in total. The number of fused-ring (bicyclic) bond motifs is 1. The lowest BCUT2D eigenvalue weighted by atomic mass is 10.0. The summed E-state index contributed by atoms with van der Waals surface area (Å²) in [5.41, 5.74) is 2.54. The average molecular weight is 248 g/mol. The number of carboxylic acids is 1. The van der Waals surface area contributed by atoms with E-state index in [1.807, 2.05) is 12.1 Å². The topological polar surface area (TPSA) is 69.6 Å². The van der Waals surface area contributed by atoms with Crippen LogP contribution < -0.4 is 5.32 Å². The molecule has 1 aliphatic rings. The fraction of sp³-hybridized carbons (Fsp3) is 0.385. The SMILES string of the molecule is O=C(O)CNC(=O)N1CCc2ccccc2CC1. The van der Waals surface area contributed by atoms with E-state index in [-0.39, 0.29) is 12.6 Å². The van der Waals surface area contributed by atoms with Crippen molar-refractivity contribution in [3.05, 3.63) is 35.4 Å². The zero-order valence-corrected chi connectivity index (χ0v) is 10.1. The molecule has 96 valence electrons. The first kappa shape index (κ1) is 12.4. The van der Waals surface area contributed by atoms with Gasteiger partial charge in [-0.05, 0) is 24.0 Å². The van der Waals surface area contributed by atoms with Gasteiger partial charge in [0.1, 0.15) is 6.54 Å². The number of carbonyl (C=O) groups is 2. The van der Waals surface area contributed by atoms with E-state index in [1.54, 1.807) is 4.90 Å². The van der Waals surface area contributed by atoms with Crippen molar-refractivity contribution >= 4 is 12.0 Å². The maximum atomic E-state index is 11.8. The Labute approximate surface area is 105 Å². The van der Waals surface area contributed by atoms with Crippen LogP contribution in [-0.2, 0) is 17.6 Å². The van der Waals surface area contributed by atoms with Gasteiger partial charge in [0.2, 0.25) is 0 Å². The summed E-state index contributed by atoms with van der Waals surface area (Å²) in [6.07, 6.45) is 1.63. The van der Waals surface area contributed by atoms with Crippen LogP contribution in [0.1, 0.15) is 11.1 Å². The van der Waals surface area contributed by atoms with Crippen LogP contribution in [0.25, 0.3) is 0 Å². The van der Waals surface area contributed by atoms with E-state index >= 15 is 0 Å². The first-order chi connectivity index (χ1) is 8.66. The molecular weight excluding hydrogens is 232 g/mol. The van der Waals surface area contributed by atoms with Crippen molar-refractivity contribution in [3.63, 3.8) is 0 Å². The number of carboxylic acid groups (broad SMARTS) is 1. The lowest BCUT2D eigenvalue weighted by Gasteiger charge is -2.20. The summed E-state index contributed by atoms with van der Waals surface area (Å²) >= 11 is 0. The largest absolute Gasteiger partial charge is 0.480 e. The number of nitrogens with zero attached hydrogens (tertiary/aromatic N) is 1. The van der Waals surface area contributed by atoms with Crippen LogP contribution in [0.4, 0.5) is 4.79 Å². The van der Waals surface area contributed by atoms with E-state index in [0.717, 1.165) is 12.8 Å². The molecule has 0 aromatic heterocycles. The Morgan fingerprint density at radius 3 is 2.22 bits per heavy atom. The highest BCUT2D eigenvalue weighted by Crippen LogP contribution is 2.15. The molecule has 0 fully saturated rings. The zero-order valence-electron chi connectivity index (χ0n) is 10.1. The summed E-state index contributed by atoms with van der Waals surface area (Å²) in [6.45, 7) is 0.924. The van der Waals surface area contributed by atoms with Gasteiger partial charge < -0.3 is 15.3 Å².